The van der Waals surface area contributed by atoms with Gasteiger partial charge in [-0.2, -0.15) is 5.10 Å². The highest BCUT2D eigenvalue weighted by Gasteiger charge is 2.13. The number of aromatic nitrogens is 2. The maximum absolute atomic E-state index is 12.2. The van der Waals surface area contributed by atoms with Crippen LogP contribution in [0.15, 0.2) is 72.0 Å². The van der Waals surface area contributed by atoms with Gasteiger partial charge < -0.3 is 0 Å². The molecule has 2 aromatic carbocycles. The topological polar surface area (TPSA) is 47.2 Å². The van der Waals surface area contributed by atoms with Crippen molar-refractivity contribution in [1.29, 1.82) is 0 Å². The fourth-order valence-corrected chi connectivity index (χ4v) is 2.58. The first-order chi connectivity index (χ1) is 11.1. The molecule has 0 N–H and O–H groups in total. The highest BCUT2D eigenvalue weighted by molar-refractivity contribution is 6.39. The molecule has 4 nitrogen and oxygen atoms in total. The van der Waals surface area contributed by atoms with E-state index in [4.69, 9.17) is 23.2 Å². The molecule has 0 aliphatic heterocycles. The number of rotatable bonds is 2. The monoisotopic (exact) mass is 343 g/mol. The van der Waals surface area contributed by atoms with Crippen LogP contribution in [-0.2, 0) is 0 Å². The predicted molar refractivity (Wildman–Crippen MR) is 89.9 cm³/mol. The zero-order valence-electron chi connectivity index (χ0n) is 11.9. The minimum Gasteiger partial charge on any atom is -0.267 e. The number of para-hydroxylation sites is 1. The minimum atomic E-state index is -0.500. The quantitative estimate of drug-likeness (QED) is 0.707. The number of benzene rings is 2. The number of halogens is 2. The Bertz CT molecular complexity index is 880. The number of nitrogens with zero attached hydrogens (tertiary/aromatic N) is 3. The van der Waals surface area contributed by atoms with Crippen molar-refractivity contribution in [3.8, 4) is 5.69 Å². The predicted octanol–water partition coefficient (Wildman–Crippen LogP) is 3.92. The van der Waals surface area contributed by atoms with Gasteiger partial charge in [0, 0.05) is 6.20 Å². The molecule has 0 aliphatic carbocycles. The maximum Gasteiger partial charge on any atom is 0.280 e. The molecule has 23 heavy (non-hydrogen) atoms. The summed E-state index contributed by atoms with van der Waals surface area (Å²) in [4.78, 5) is 16.2. The fourth-order valence-electron chi connectivity index (χ4n) is 2.02. The largest absolute Gasteiger partial charge is 0.280 e. The van der Waals surface area contributed by atoms with E-state index in [9.17, 15) is 4.79 Å². The van der Waals surface area contributed by atoms with Crippen LogP contribution in [0, 0.1) is 0 Å². The lowest BCUT2D eigenvalue weighted by Gasteiger charge is -2.04. The third-order valence-corrected chi connectivity index (χ3v) is 3.76. The lowest BCUT2D eigenvalue weighted by molar-refractivity contribution is 0.0998. The van der Waals surface area contributed by atoms with Crippen molar-refractivity contribution in [3.05, 3.63) is 88.0 Å². The van der Waals surface area contributed by atoms with Crippen molar-refractivity contribution in [2.75, 3.05) is 0 Å². The van der Waals surface area contributed by atoms with Crippen LogP contribution in [0.2, 0.25) is 10.0 Å². The number of carbonyl (C=O) groups is 1. The molecule has 1 aromatic heterocycles. The highest BCUT2D eigenvalue weighted by atomic mass is 35.5. The fraction of sp³-hybridized carbons (Fsp3) is 0. The second-order valence-electron chi connectivity index (χ2n) is 4.68. The molecule has 0 saturated heterocycles. The van der Waals surface area contributed by atoms with Gasteiger partial charge in [0.1, 0.15) is 0 Å². The Hall–Kier alpha value is -2.43. The molecule has 114 valence electrons. The Labute approximate surface area is 142 Å². The van der Waals surface area contributed by atoms with Gasteiger partial charge in [-0.1, -0.05) is 47.5 Å². The van der Waals surface area contributed by atoms with Crippen molar-refractivity contribution < 1.29 is 4.79 Å². The van der Waals surface area contributed by atoms with Crippen LogP contribution in [0.25, 0.3) is 5.69 Å². The van der Waals surface area contributed by atoms with Gasteiger partial charge in [-0.15, -0.1) is 0 Å². The molecular weight excluding hydrogens is 333 g/mol. The van der Waals surface area contributed by atoms with E-state index in [1.165, 1.54) is 6.20 Å². The van der Waals surface area contributed by atoms with Gasteiger partial charge in [0.15, 0.2) is 0 Å². The van der Waals surface area contributed by atoms with Crippen molar-refractivity contribution in [2.24, 2.45) is 4.99 Å². The normalized spacial score (nSPS) is 11.5. The molecule has 3 rings (SSSR count). The minimum absolute atomic E-state index is 0.190. The molecule has 0 bridgehead atoms. The SMILES string of the molecule is O=C(N=c1ccn(-c2ccccc2)nc1)c1c(Cl)cccc1Cl. The molecule has 1 amide bonds. The summed E-state index contributed by atoms with van der Waals surface area (Å²) in [5, 5.41) is 5.22. The number of carbonyl (C=O) groups excluding carboxylic acids is 1. The van der Waals surface area contributed by atoms with Crippen LogP contribution in [0.5, 0.6) is 0 Å². The summed E-state index contributed by atoms with van der Waals surface area (Å²) in [6.45, 7) is 0. The molecule has 0 aliphatic rings. The first-order valence-corrected chi connectivity index (χ1v) is 7.54. The first kappa shape index (κ1) is 15.5. The lowest BCUT2D eigenvalue weighted by Crippen LogP contribution is -2.11. The van der Waals surface area contributed by atoms with Crippen molar-refractivity contribution in [3.63, 3.8) is 0 Å². The molecule has 3 aromatic rings. The first-order valence-electron chi connectivity index (χ1n) is 6.78. The van der Waals surface area contributed by atoms with E-state index in [-0.39, 0.29) is 15.6 Å². The standard InChI is InChI=1S/C17H11Cl2N3O/c18-14-7-4-8-15(19)16(14)17(23)21-12-9-10-22(20-11-12)13-5-2-1-3-6-13/h1-11H. The molecule has 1 heterocycles. The third-order valence-electron chi connectivity index (χ3n) is 3.13. The molecule has 0 spiro atoms. The summed E-state index contributed by atoms with van der Waals surface area (Å²) < 4.78 is 1.69. The van der Waals surface area contributed by atoms with E-state index in [0.29, 0.717) is 5.36 Å². The van der Waals surface area contributed by atoms with Crippen LogP contribution < -0.4 is 5.36 Å². The molecule has 0 fully saturated rings. The summed E-state index contributed by atoms with van der Waals surface area (Å²) in [6.07, 6.45) is 3.24. The summed E-state index contributed by atoms with van der Waals surface area (Å²) in [5.41, 5.74) is 1.11. The van der Waals surface area contributed by atoms with E-state index < -0.39 is 5.91 Å². The Morgan fingerprint density at radius 3 is 2.26 bits per heavy atom. The summed E-state index contributed by atoms with van der Waals surface area (Å²) in [7, 11) is 0. The number of amides is 1. The summed E-state index contributed by atoms with van der Waals surface area (Å²) >= 11 is 12.0. The Balaban J connectivity index is 1.93. The van der Waals surface area contributed by atoms with Crippen LogP contribution in [0.4, 0.5) is 0 Å². The highest BCUT2D eigenvalue weighted by Crippen LogP contribution is 2.24. The van der Waals surface area contributed by atoms with Gasteiger partial charge in [0.25, 0.3) is 5.91 Å². The van der Waals surface area contributed by atoms with E-state index in [0.717, 1.165) is 5.69 Å². The van der Waals surface area contributed by atoms with Crippen LogP contribution in [-0.4, -0.2) is 15.7 Å². The average molecular weight is 344 g/mol. The second-order valence-corrected chi connectivity index (χ2v) is 5.49. The number of hydrogen-bond donors (Lipinski definition) is 0. The van der Waals surface area contributed by atoms with Gasteiger partial charge >= 0.3 is 0 Å². The van der Waals surface area contributed by atoms with Crippen LogP contribution >= 0.6 is 23.2 Å². The van der Waals surface area contributed by atoms with E-state index in [1.54, 1.807) is 35.1 Å². The number of hydrogen-bond acceptors (Lipinski definition) is 2. The van der Waals surface area contributed by atoms with Crippen molar-refractivity contribution in [1.82, 2.24) is 9.78 Å². The van der Waals surface area contributed by atoms with Gasteiger partial charge in [-0.25, -0.2) is 9.67 Å². The van der Waals surface area contributed by atoms with E-state index in [1.807, 2.05) is 30.3 Å². The maximum atomic E-state index is 12.2. The third kappa shape index (κ3) is 3.50. The van der Waals surface area contributed by atoms with Crippen LogP contribution in [0.3, 0.4) is 0 Å². The van der Waals surface area contributed by atoms with Crippen LogP contribution in [0.1, 0.15) is 10.4 Å². The molecule has 0 unspecified atom stereocenters. The van der Waals surface area contributed by atoms with Gasteiger partial charge in [-0.05, 0) is 30.3 Å². The second kappa shape index (κ2) is 6.77. The Kier molecular flexibility index (Phi) is 4.55. The van der Waals surface area contributed by atoms with Crippen molar-refractivity contribution in [2.45, 2.75) is 0 Å². The zero-order chi connectivity index (χ0) is 16.2. The Morgan fingerprint density at radius 1 is 0.957 bits per heavy atom. The van der Waals surface area contributed by atoms with E-state index >= 15 is 0 Å². The molecule has 6 heteroatoms. The molecule has 0 radical (unpaired) electrons. The summed E-state index contributed by atoms with van der Waals surface area (Å²) in [5.74, 6) is -0.500. The molecule has 0 saturated carbocycles. The van der Waals surface area contributed by atoms with Gasteiger partial charge in [0.2, 0.25) is 0 Å². The molecule has 0 atom stereocenters. The summed E-state index contributed by atoms with van der Waals surface area (Å²) in [6, 6.07) is 16.2. The smallest absolute Gasteiger partial charge is 0.267 e. The van der Waals surface area contributed by atoms with Crippen molar-refractivity contribution >= 4 is 29.1 Å². The average Bonchev–Trinajstić information content (AvgIpc) is 2.56. The van der Waals surface area contributed by atoms with Gasteiger partial charge in [0.05, 0.1) is 32.9 Å². The van der Waals surface area contributed by atoms with Gasteiger partial charge in [-0.3, -0.25) is 4.79 Å². The zero-order valence-corrected chi connectivity index (χ0v) is 13.4. The van der Waals surface area contributed by atoms with E-state index in [2.05, 4.69) is 10.1 Å². The lowest BCUT2D eigenvalue weighted by atomic mass is 10.2. The molecular formula is C17H11Cl2N3O. The Morgan fingerprint density at radius 2 is 1.65 bits per heavy atom.